The number of carbonyl (C=O) groups excluding carboxylic acids is 2. The molecule has 0 spiro atoms. The first kappa shape index (κ1) is 24.5. The quantitative estimate of drug-likeness (QED) is 0.373. The maximum atomic E-state index is 12.6. The van der Waals surface area contributed by atoms with Gasteiger partial charge in [0, 0.05) is 16.9 Å². The van der Waals surface area contributed by atoms with Crippen LogP contribution in [0.3, 0.4) is 0 Å². The number of hydrogen-bond donors (Lipinski definition) is 3. The monoisotopic (exact) mass is 536 g/mol. The molecule has 7 nitrogen and oxygen atoms in total. The van der Waals surface area contributed by atoms with E-state index in [9.17, 15) is 19.5 Å². The van der Waals surface area contributed by atoms with Gasteiger partial charge >= 0.3 is 12.1 Å². The third-order valence-electron chi connectivity index (χ3n) is 5.96. The minimum atomic E-state index is -1.24. The second-order valence-corrected chi connectivity index (χ2v) is 9.20. The molecule has 0 saturated heterocycles. The SMILES string of the molecule is O=C(O)CC(NC(=O)OCC1c2ccccc2-c2ccccc21)C(=O)NCCc1ccc(Br)cc1. The molecule has 3 aromatic carbocycles. The van der Waals surface area contributed by atoms with Crippen molar-refractivity contribution in [2.45, 2.75) is 24.8 Å². The predicted molar refractivity (Wildman–Crippen MR) is 135 cm³/mol. The van der Waals surface area contributed by atoms with Crippen molar-refractivity contribution in [3.05, 3.63) is 94.0 Å². The Bertz CT molecular complexity index is 1180. The van der Waals surface area contributed by atoms with Crippen LogP contribution in [0.5, 0.6) is 0 Å². The Hall–Kier alpha value is -3.65. The van der Waals surface area contributed by atoms with Crippen molar-refractivity contribution in [2.75, 3.05) is 13.2 Å². The van der Waals surface area contributed by atoms with Crippen LogP contribution in [0, 0.1) is 0 Å². The molecule has 0 fully saturated rings. The number of rotatable bonds is 9. The van der Waals surface area contributed by atoms with Gasteiger partial charge in [-0.3, -0.25) is 9.59 Å². The topological polar surface area (TPSA) is 105 Å². The van der Waals surface area contributed by atoms with E-state index in [1.807, 2.05) is 72.8 Å². The molecule has 180 valence electrons. The Labute approximate surface area is 211 Å². The molecule has 1 aliphatic carbocycles. The summed E-state index contributed by atoms with van der Waals surface area (Å²) in [6.45, 7) is 0.383. The third kappa shape index (κ3) is 6.08. The molecule has 3 aromatic rings. The van der Waals surface area contributed by atoms with Gasteiger partial charge in [0.1, 0.15) is 12.6 Å². The zero-order valence-corrected chi connectivity index (χ0v) is 20.5. The van der Waals surface area contributed by atoms with Gasteiger partial charge in [-0.05, 0) is 46.4 Å². The van der Waals surface area contributed by atoms with E-state index in [1.54, 1.807) is 0 Å². The van der Waals surface area contributed by atoms with E-state index in [1.165, 1.54) is 0 Å². The van der Waals surface area contributed by atoms with Gasteiger partial charge in [-0.1, -0.05) is 76.6 Å². The first-order valence-corrected chi connectivity index (χ1v) is 12.1. The molecule has 8 heteroatoms. The minimum absolute atomic E-state index is 0.0742. The van der Waals surface area contributed by atoms with Crippen molar-refractivity contribution in [1.29, 1.82) is 0 Å². The number of carbonyl (C=O) groups is 3. The first-order valence-electron chi connectivity index (χ1n) is 11.3. The van der Waals surface area contributed by atoms with Gasteiger partial charge < -0.3 is 20.5 Å². The summed E-state index contributed by atoms with van der Waals surface area (Å²) < 4.78 is 6.42. The Balaban J connectivity index is 1.34. The van der Waals surface area contributed by atoms with Crippen LogP contribution in [-0.2, 0) is 20.7 Å². The van der Waals surface area contributed by atoms with Gasteiger partial charge in [-0.2, -0.15) is 0 Å². The lowest BCUT2D eigenvalue weighted by molar-refractivity contribution is -0.139. The van der Waals surface area contributed by atoms with Crippen LogP contribution in [0.25, 0.3) is 11.1 Å². The summed E-state index contributed by atoms with van der Waals surface area (Å²) in [5, 5.41) is 14.3. The standard InChI is InChI=1S/C27H25BrN2O5/c28-18-11-9-17(10-12-18)13-14-29-26(33)24(15-25(31)32)30-27(34)35-16-23-21-7-3-1-5-19(21)20-6-2-4-8-22(20)23/h1-12,23-24H,13-16H2,(H,29,33)(H,30,34)(H,31,32). The van der Waals surface area contributed by atoms with Gasteiger partial charge in [0.2, 0.25) is 5.91 Å². The molecule has 2 amide bonds. The number of carboxylic acids is 1. The molecular formula is C27H25BrN2O5. The maximum absolute atomic E-state index is 12.6. The highest BCUT2D eigenvalue weighted by Gasteiger charge is 2.30. The van der Waals surface area contributed by atoms with E-state index in [0.717, 1.165) is 32.3 Å². The molecule has 0 saturated carbocycles. The number of ether oxygens (including phenoxy) is 1. The molecule has 0 heterocycles. The highest BCUT2D eigenvalue weighted by molar-refractivity contribution is 9.10. The van der Waals surface area contributed by atoms with Gasteiger partial charge in [0.15, 0.2) is 0 Å². The Morgan fingerprint density at radius 1 is 0.914 bits per heavy atom. The second-order valence-electron chi connectivity index (χ2n) is 8.29. The van der Waals surface area contributed by atoms with Crippen molar-refractivity contribution in [1.82, 2.24) is 10.6 Å². The largest absolute Gasteiger partial charge is 0.481 e. The summed E-state index contributed by atoms with van der Waals surface area (Å²) in [5.41, 5.74) is 5.35. The van der Waals surface area contributed by atoms with Crippen molar-refractivity contribution < 1.29 is 24.2 Å². The minimum Gasteiger partial charge on any atom is -0.481 e. The number of hydrogen-bond acceptors (Lipinski definition) is 4. The van der Waals surface area contributed by atoms with E-state index in [2.05, 4.69) is 26.6 Å². The van der Waals surface area contributed by atoms with E-state index in [-0.39, 0.29) is 12.5 Å². The molecular weight excluding hydrogens is 512 g/mol. The lowest BCUT2D eigenvalue weighted by atomic mass is 9.98. The van der Waals surface area contributed by atoms with Gasteiger partial charge in [0.05, 0.1) is 6.42 Å². The van der Waals surface area contributed by atoms with Crippen molar-refractivity contribution in [3.63, 3.8) is 0 Å². The predicted octanol–water partition coefficient (Wildman–Crippen LogP) is 4.49. The summed E-state index contributed by atoms with van der Waals surface area (Å²) in [6.07, 6.45) is -0.806. The number of benzene rings is 3. The highest BCUT2D eigenvalue weighted by atomic mass is 79.9. The Morgan fingerprint density at radius 2 is 1.51 bits per heavy atom. The third-order valence-corrected chi connectivity index (χ3v) is 6.49. The summed E-state index contributed by atoms with van der Waals surface area (Å²) in [6, 6.07) is 22.3. The Kier molecular flexibility index (Phi) is 7.82. The molecule has 1 unspecified atom stereocenters. The summed E-state index contributed by atoms with van der Waals surface area (Å²) in [7, 11) is 0. The highest BCUT2D eigenvalue weighted by Crippen LogP contribution is 2.44. The first-order chi connectivity index (χ1) is 16.9. The van der Waals surface area contributed by atoms with Crippen LogP contribution in [0.2, 0.25) is 0 Å². The molecule has 1 atom stereocenters. The van der Waals surface area contributed by atoms with Gasteiger partial charge in [-0.25, -0.2) is 4.79 Å². The molecule has 0 aliphatic heterocycles. The molecule has 4 rings (SSSR count). The van der Waals surface area contributed by atoms with Crippen LogP contribution in [0.4, 0.5) is 4.79 Å². The number of fused-ring (bicyclic) bond motifs is 3. The number of amides is 2. The van der Waals surface area contributed by atoms with Crippen molar-refractivity contribution in [3.8, 4) is 11.1 Å². The van der Waals surface area contributed by atoms with E-state index >= 15 is 0 Å². The normalized spacial score (nSPS) is 12.8. The van der Waals surface area contributed by atoms with Crippen molar-refractivity contribution in [2.24, 2.45) is 0 Å². The summed E-state index contributed by atoms with van der Waals surface area (Å²) >= 11 is 3.37. The van der Waals surface area contributed by atoms with Crippen LogP contribution in [-0.4, -0.2) is 42.3 Å². The number of nitrogens with one attached hydrogen (secondary N) is 2. The lowest BCUT2D eigenvalue weighted by Crippen LogP contribution is -2.48. The van der Waals surface area contributed by atoms with Gasteiger partial charge in [-0.15, -0.1) is 0 Å². The zero-order chi connectivity index (χ0) is 24.8. The fourth-order valence-corrected chi connectivity index (χ4v) is 4.53. The average Bonchev–Trinajstić information content (AvgIpc) is 3.17. The molecule has 0 radical (unpaired) electrons. The lowest BCUT2D eigenvalue weighted by Gasteiger charge is -2.18. The van der Waals surface area contributed by atoms with Gasteiger partial charge in [0.25, 0.3) is 0 Å². The smallest absolute Gasteiger partial charge is 0.407 e. The molecule has 0 bridgehead atoms. The fourth-order valence-electron chi connectivity index (χ4n) is 4.27. The summed E-state index contributed by atoms with van der Waals surface area (Å²) in [5.74, 6) is -1.90. The van der Waals surface area contributed by atoms with Crippen LogP contribution in [0.15, 0.2) is 77.3 Å². The number of halogens is 1. The molecule has 3 N–H and O–H groups in total. The van der Waals surface area contributed by atoms with Crippen LogP contribution < -0.4 is 10.6 Å². The number of aliphatic carboxylic acids is 1. The fraction of sp³-hybridized carbons (Fsp3) is 0.222. The second kappa shape index (κ2) is 11.2. The maximum Gasteiger partial charge on any atom is 0.407 e. The number of alkyl carbamates (subject to hydrolysis) is 1. The van der Waals surface area contributed by atoms with E-state index in [4.69, 9.17) is 4.74 Å². The molecule has 35 heavy (non-hydrogen) atoms. The Morgan fingerprint density at radius 3 is 2.11 bits per heavy atom. The van der Waals surface area contributed by atoms with Crippen LogP contribution >= 0.6 is 15.9 Å². The van der Waals surface area contributed by atoms with E-state index in [0.29, 0.717) is 13.0 Å². The number of carboxylic acid groups (broad SMARTS) is 1. The molecule has 0 aromatic heterocycles. The summed E-state index contributed by atoms with van der Waals surface area (Å²) in [4.78, 5) is 36.4. The molecule has 1 aliphatic rings. The zero-order valence-electron chi connectivity index (χ0n) is 18.9. The van der Waals surface area contributed by atoms with Crippen molar-refractivity contribution >= 4 is 33.9 Å². The van der Waals surface area contributed by atoms with Crippen LogP contribution in [0.1, 0.15) is 29.0 Å². The average molecular weight is 537 g/mol. The van der Waals surface area contributed by atoms with E-state index < -0.39 is 30.4 Å².